The normalized spacial score (nSPS) is 15.4. The van der Waals surface area contributed by atoms with E-state index >= 15 is 0 Å². The molecule has 1 saturated carbocycles. The summed E-state index contributed by atoms with van der Waals surface area (Å²) in [5.41, 5.74) is 9.57. The minimum atomic E-state index is 0. The van der Waals surface area contributed by atoms with Crippen molar-refractivity contribution in [1.82, 2.24) is 9.97 Å². The molecule has 2 aromatic heterocycles. The van der Waals surface area contributed by atoms with Crippen LogP contribution in [0.3, 0.4) is 0 Å². The van der Waals surface area contributed by atoms with Crippen LogP contribution in [0.15, 0.2) is 42.5 Å². The Morgan fingerprint density at radius 3 is 2.11 bits per heavy atom. The predicted octanol–water partition coefficient (Wildman–Crippen LogP) is 7.11. The number of fused-ring (bicyclic) bond motifs is 2. The Labute approximate surface area is 162 Å². The molecule has 0 atom stereocenters. The second-order valence-electron chi connectivity index (χ2n) is 8.47. The van der Waals surface area contributed by atoms with Gasteiger partial charge in [0.25, 0.3) is 0 Å². The van der Waals surface area contributed by atoms with Gasteiger partial charge in [-0.1, -0.05) is 39.5 Å². The molecule has 5 rings (SSSR count). The molecule has 1 fully saturated rings. The minimum absolute atomic E-state index is 0. The molecule has 1 aliphatic carbocycles. The van der Waals surface area contributed by atoms with Crippen LogP contribution >= 0.6 is 0 Å². The van der Waals surface area contributed by atoms with E-state index < -0.39 is 0 Å². The molecule has 2 aromatic carbocycles. The van der Waals surface area contributed by atoms with Gasteiger partial charge in [0.1, 0.15) is 0 Å². The standard InChI is InChI=1S/C24H26N2.CH4/c1-14(2)20-10-17-11-22-18(12-21(17)25-20)13-23(26-22)24(7-8-24)19-6-5-15(3)16(4)9-19;/h5-6,9-14,25-26H,7-8H2,1-4H3;1H4. The lowest BCUT2D eigenvalue weighted by molar-refractivity contribution is 0.814. The summed E-state index contributed by atoms with van der Waals surface area (Å²) in [6, 6.07) is 16.2. The van der Waals surface area contributed by atoms with E-state index in [1.807, 2.05) is 0 Å². The zero-order valence-electron chi connectivity index (χ0n) is 16.0. The second-order valence-corrected chi connectivity index (χ2v) is 8.47. The van der Waals surface area contributed by atoms with Gasteiger partial charge in [0.15, 0.2) is 0 Å². The summed E-state index contributed by atoms with van der Waals surface area (Å²) < 4.78 is 0. The molecular formula is C25H30N2. The number of H-pyrrole nitrogens is 2. The number of aryl methyl sites for hydroxylation is 2. The molecule has 2 N–H and O–H groups in total. The number of rotatable bonds is 3. The average Bonchev–Trinajstić information content (AvgIpc) is 3.14. The second kappa shape index (κ2) is 6.02. The molecule has 2 heterocycles. The van der Waals surface area contributed by atoms with E-state index in [1.54, 1.807) is 0 Å². The number of nitrogens with one attached hydrogen (secondary N) is 2. The zero-order valence-corrected chi connectivity index (χ0v) is 16.0. The van der Waals surface area contributed by atoms with Crippen LogP contribution in [-0.4, -0.2) is 9.97 Å². The van der Waals surface area contributed by atoms with Gasteiger partial charge < -0.3 is 9.97 Å². The first-order chi connectivity index (χ1) is 12.5. The fourth-order valence-electron chi connectivity index (χ4n) is 4.23. The van der Waals surface area contributed by atoms with Crippen LogP contribution in [0, 0.1) is 13.8 Å². The van der Waals surface area contributed by atoms with Crippen LogP contribution in [0.25, 0.3) is 21.8 Å². The Morgan fingerprint density at radius 2 is 1.48 bits per heavy atom. The van der Waals surface area contributed by atoms with Crippen molar-refractivity contribution in [2.75, 3.05) is 0 Å². The monoisotopic (exact) mass is 358 g/mol. The lowest BCUT2D eigenvalue weighted by Gasteiger charge is -2.16. The number of aromatic amines is 2. The molecule has 0 bridgehead atoms. The van der Waals surface area contributed by atoms with Crippen molar-refractivity contribution in [2.45, 2.75) is 59.3 Å². The molecule has 0 saturated heterocycles. The van der Waals surface area contributed by atoms with E-state index in [4.69, 9.17) is 0 Å². The van der Waals surface area contributed by atoms with Crippen molar-refractivity contribution in [1.29, 1.82) is 0 Å². The Balaban J connectivity index is 0.00000180. The summed E-state index contributed by atoms with van der Waals surface area (Å²) in [5.74, 6) is 0.524. The highest BCUT2D eigenvalue weighted by Gasteiger charge is 2.47. The van der Waals surface area contributed by atoms with E-state index in [9.17, 15) is 0 Å². The molecule has 27 heavy (non-hydrogen) atoms. The fraction of sp³-hybridized carbons (Fsp3) is 0.360. The first-order valence-electron chi connectivity index (χ1n) is 9.70. The number of benzene rings is 2. The molecule has 0 spiro atoms. The van der Waals surface area contributed by atoms with Crippen LogP contribution in [0.5, 0.6) is 0 Å². The van der Waals surface area contributed by atoms with Crippen LogP contribution < -0.4 is 0 Å². The molecular weight excluding hydrogens is 328 g/mol. The van der Waals surface area contributed by atoms with Crippen molar-refractivity contribution >= 4 is 21.8 Å². The first-order valence-corrected chi connectivity index (χ1v) is 9.70. The quantitative estimate of drug-likeness (QED) is 0.391. The van der Waals surface area contributed by atoms with E-state index in [0.29, 0.717) is 5.92 Å². The molecule has 2 heteroatoms. The van der Waals surface area contributed by atoms with E-state index in [0.717, 1.165) is 0 Å². The highest BCUT2D eigenvalue weighted by atomic mass is 14.8. The summed E-state index contributed by atoms with van der Waals surface area (Å²) in [7, 11) is 0. The predicted molar refractivity (Wildman–Crippen MR) is 117 cm³/mol. The van der Waals surface area contributed by atoms with E-state index in [1.165, 1.54) is 62.7 Å². The average molecular weight is 359 g/mol. The third-order valence-corrected chi connectivity index (χ3v) is 6.33. The summed E-state index contributed by atoms with van der Waals surface area (Å²) in [4.78, 5) is 7.33. The Bertz CT molecular complexity index is 1090. The fourth-order valence-corrected chi connectivity index (χ4v) is 4.23. The third kappa shape index (κ3) is 2.70. The van der Waals surface area contributed by atoms with Crippen LogP contribution in [-0.2, 0) is 5.41 Å². The minimum Gasteiger partial charge on any atom is -0.358 e. The van der Waals surface area contributed by atoms with E-state index in [2.05, 4.69) is 80.1 Å². The maximum absolute atomic E-state index is 3.75. The molecule has 0 amide bonds. The van der Waals surface area contributed by atoms with Crippen molar-refractivity contribution in [2.24, 2.45) is 0 Å². The number of hydrogen-bond donors (Lipinski definition) is 2. The van der Waals surface area contributed by atoms with Crippen LogP contribution in [0.1, 0.15) is 68.1 Å². The molecule has 4 aromatic rings. The van der Waals surface area contributed by atoms with Gasteiger partial charge in [-0.3, -0.25) is 0 Å². The molecule has 2 nitrogen and oxygen atoms in total. The highest BCUT2D eigenvalue weighted by molar-refractivity contribution is 5.96. The maximum atomic E-state index is 3.75. The molecule has 140 valence electrons. The van der Waals surface area contributed by atoms with Crippen molar-refractivity contribution in [3.05, 3.63) is 70.5 Å². The van der Waals surface area contributed by atoms with Crippen molar-refractivity contribution in [3.63, 3.8) is 0 Å². The largest absolute Gasteiger partial charge is 0.358 e. The van der Waals surface area contributed by atoms with Gasteiger partial charge in [0.2, 0.25) is 0 Å². The lowest BCUT2D eigenvalue weighted by Crippen LogP contribution is -2.09. The smallest absolute Gasteiger partial charge is 0.0463 e. The molecule has 0 unspecified atom stereocenters. The maximum Gasteiger partial charge on any atom is 0.0463 e. The molecule has 0 aliphatic heterocycles. The zero-order chi connectivity index (χ0) is 18.1. The summed E-state index contributed by atoms with van der Waals surface area (Å²) in [6.45, 7) is 8.87. The molecule has 1 aliphatic rings. The Kier molecular flexibility index (Phi) is 3.99. The van der Waals surface area contributed by atoms with Gasteiger partial charge in [-0.2, -0.15) is 0 Å². The van der Waals surface area contributed by atoms with Gasteiger partial charge in [0.05, 0.1) is 0 Å². The summed E-state index contributed by atoms with van der Waals surface area (Å²) >= 11 is 0. The first kappa shape index (κ1) is 17.9. The number of hydrogen-bond acceptors (Lipinski definition) is 0. The summed E-state index contributed by atoms with van der Waals surface area (Å²) in [6.07, 6.45) is 2.47. The summed E-state index contributed by atoms with van der Waals surface area (Å²) in [5, 5.41) is 2.60. The highest BCUT2D eigenvalue weighted by Crippen LogP contribution is 2.53. The Hall–Kier alpha value is -2.48. The topological polar surface area (TPSA) is 31.6 Å². The molecule has 0 radical (unpaired) electrons. The van der Waals surface area contributed by atoms with Gasteiger partial charge in [-0.25, -0.2) is 0 Å². The van der Waals surface area contributed by atoms with Gasteiger partial charge in [-0.15, -0.1) is 0 Å². The van der Waals surface area contributed by atoms with Crippen molar-refractivity contribution in [3.8, 4) is 0 Å². The van der Waals surface area contributed by atoms with Crippen LogP contribution in [0.4, 0.5) is 0 Å². The van der Waals surface area contributed by atoms with Gasteiger partial charge in [-0.05, 0) is 73.6 Å². The lowest BCUT2D eigenvalue weighted by atomic mass is 9.90. The van der Waals surface area contributed by atoms with Crippen LogP contribution in [0.2, 0.25) is 0 Å². The van der Waals surface area contributed by atoms with Gasteiger partial charge >= 0.3 is 0 Å². The van der Waals surface area contributed by atoms with Crippen molar-refractivity contribution < 1.29 is 0 Å². The Morgan fingerprint density at radius 1 is 0.815 bits per heavy atom. The number of aromatic nitrogens is 2. The van der Waals surface area contributed by atoms with Gasteiger partial charge in [0, 0.05) is 38.6 Å². The SMILES string of the molecule is C.Cc1ccc(C2(c3cc4cc5[nH]c(C(C)C)cc5cc4[nH]3)CC2)cc1C. The third-order valence-electron chi connectivity index (χ3n) is 6.33. The van der Waals surface area contributed by atoms with E-state index in [-0.39, 0.29) is 12.8 Å².